The summed E-state index contributed by atoms with van der Waals surface area (Å²) in [5.74, 6) is 0. The zero-order chi connectivity index (χ0) is 14.8. The summed E-state index contributed by atoms with van der Waals surface area (Å²) in [4.78, 5) is 4.48. The Balaban J connectivity index is 2.22. The molecule has 0 aliphatic rings. The van der Waals surface area contributed by atoms with Crippen molar-refractivity contribution in [2.75, 3.05) is 0 Å². The van der Waals surface area contributed by atoms with Crippen molar-refractivity contribution in [2.24, 2.45) is 0 Å². The quantitative estimate of drug-likeness (QED) is 0.707. The molecular weight excluding hydrogens is 282 g/mol. The second-order valence-corrected chi connectivity index (χ2v) is 5.28. The highest BCUT2D eigenvalue weighted by Gasteiger charge is 2.17. The summed E-state index contributed by atoms with van der Waals surface area (Å²) in [6.07, 6.45) is 1.81. The molecule has 2 heterocycles. The minimum atomic E-state index is 0.727. The van der Waals surface area contributed by atoms with Crippen molar-refractivity contribution in [1.29, 1.82) is 0 Å². The van der Waals surface area contributed by atoms with Gasteiger partial charge in [-0.1, -0.05) is 29.8 Å². The minimum absolute atomic E-state index is 0.727. The molecule has 0 saturated carbocycles. The highest BCUT2D eigenvalue weighted by atomic mass is 35.5. The van der Waals surface area contributed by atoms with Crippen molar-refractivity contribution in [1.82, 2.24) is 14.8 Å². The average molecular weight is 298 g/mol. The molecule has 3 aromatic rings. The van der Waals surface area contributed by atoms with Crippen LogP contribution < -0.4 is 0 Å². The summed E-state index contributed by atoms with van der Waals surface area (Å²) < 4.78 is 2.01. The maximum Gasteiger partial charge on any atom is 0.102 e. The Kier molecular flexibility index (Phi) is 3.76. The van der Waals surface area contributed by atoms with Gasteiger partial charge in [0.1, 0.15) is 5.69 Å². The maximum absolute atomic E-state index is 5.98. The molecule has 3 rings (SSSR count). The third-order valence-corrected chi connectivity index (χ3v) is 3.80. The number of pyridine rings is 1. The van der Waals surface area contributed by atoms with Crippen LogP contribution in [0.25, 0.3) is 22.5 Å². The Morgan fingerprint density at radius 2 is 1.86 bits per heavy atom. The third-order valence-electron chi connectivity index (χ3n) is 3.54. The Morgan fingerprint density at radius 1 is 1.10 bits per heavy atom. The zero-order valence-corrected chi connectivity index (χ0v) is 12.8. The van der Waals surface area contributed by atoms with Gasteiger partial charge in [0.25, 0.3) is 0 Å². The Bertz CT molecular complexity index is 746. The number of hydrogen-bond acceptors (Lipinski definition) is 2. The molecular formula is C17H16ClN3. The van der Waals surface area contributed by atoms with Gasteiger partial charge in [-0.15, -0.1) is 0 Å². The fourth-order valence-electron chi connectivity index (χ4n) is 2.48. The fourth-order valence-corrected chi connectivity index (χ4v) is 2.61. The van der Waals surface area contributed by atoms with Gasteiger partial charge in [0.15, 0.2) is 0 Å². The number of rotatable bonds is 3. The molecule has 0 N–H and O–H groups in total. The van der Waals surface area contributed by atoms with Gasteiger partial charge in [-0.05, 0) is 38.1 Å². The van der Waals surface area contributed by atoms with Gasteiger partial charge in [-0.25, -0.2) is 0 Å². The second-order valence-electron chi connectivity index (χ2n) is 4.85. The van der Waals surface area contributed by atoms with E-state index in [-0.39, 0.29) is 0 Å². The lowest BCUT2D eigenvalue weighted by Gasteiger charge is -2.04. The molecule has 0 aliphatic carbocycles. The molecule has 21 heavy (non-hydrogen) atoms. The SMILES string of the molecule is CCn1nc(-c2ccc(Cl)cc2)c(-c2ccccn2)c1C. The number of nitrogens with zero attached hydrogens (tertiary/aromatic N) is 3. The Hall–Kier alpha value is -2.13. The predicted octanol–water partition coefficient (Wildman–Crippen LogP) is 4.59. The molecule has 0 unspecified atom stereocenters. The van der Waals surface area contributed by atoms with Crippen LogP contribution in [0.3, 0.4) is 0 Å². The summed E-state index contributed by atoms with van der Waals surface area (Å²) in [7, 11) is 0. The van der Waals surface area contributed by atoms with Crippen LogP contribution in [0.5, 0.6) is 0 Å². The van der Waals surface area contributed by atoms with Gasteiger partial charge in [-0.2, -0.15) is 5.10 Å². The van der Waals surface area contributed by atoms with Gasteiger partial charge in [-0.3, -0.25) is 9.67 Å². The van der Waals surface area contributed by atoms with Gasteiger partial charge < -0.3 is 0 Å². The van der Waals surface area contributed by atoms with E-state index in [0.29, 0.717) is 0 Å². The van der Waals surface area contributed by atoms with Gasteiger partial charge in [0, 0.05) is 34.6 Å². The molecule has 1 aromatic carbocycles. The van der Waals surface area contributed by atoms with Crippen LogP contribution in [-0.2, 0) is 6.54 Å². The van der Waals surface area contributed by atoms with Crippen molar-refractivity contribution in [3.05, 3.63) is 59.4 Å². The molecule has 0 saturated heterocycles. The molecule has 0 bridgehead atoms. The number of halogens is 1. The summed E-state index contributed by atoms with van der Waals surface area (Å²) in [5, 5.41) is 5.46. The molecule has 0 amide bonds. The van der Waals surface area contributed by atoms with E-state index in [1.54, 1.807) is 0 Å². The lowest BCUT2D eigenvalue weighted by molar-refractivity contribution is 0.642. The Labute approximate surface area is 129 Å². The van der Waals surface area contributed by atoms with E-state index in [1.807, 2.05) is 53.3 Å². The monoisotopic (exact) mass is 297 g/mol. The number of aryl methyl sites for hydroxylation is 1. The molecule has 0 radical (unpaired) electrons. The molecule has 3 nitrogen and oxygen atoms in total. The molecule has 0 spiro atoms. The van der Waals surface area contributed by atoms with Gasteiger partial charge >= 0.3 is 0 Å². The van der Waals surface area contributed by atoms with Crippen LogP contribution in [0.1, 0.15) is 12.6 Å². The van der Waals surface area contributed by atoms with E-state index in [9.17, 15) is 0 Å². The molecule has 106 valence electrons. The second kappa shape index (κ2) is 5.70. The lowest BCUT2D eigenvalue weighted by atomic mass is 10.0. The predicted molar refractivity (Wildman–Crippen MR) is 86.3 cm³/mol. The topological polar surface area (TPSA) is 30.7 Å². The molecule has 0 aliphatic heterocycles. The van der Waals surface area contributed by atoms with Crippen LogP contribution in [0.2, 0.25) is 5.02 Å². The first-order valence-corrected chi connectivity index (χ1v) is 7.33. The van der Waals surface area contributed by atoms with Crippen LogP contribution in [0.4, 0.5) is 0 Å². The van der Waals surface area contributed by atoms with Gasteiger partial charge in [0.05, 0.1) is 5.69 Å². The average Bonchev–Trinajstić information content (AvgIpc) is 2.85. The van der Waals surface area contributed by atoms with Gasteiger partial charge in [0.2, 0.25) is 0 Å². The number of aromatic nitrogens is 3. The van der Waals surface area contributed by atoms with E-state index >= 15 is 0 Å². The third kappa shape index (κ3) is 2.57. The van der Waals surface area contributed by atoms with Crippen molar-refractivity contribution in [3.63, 3.8) is 0 Å². The van der Waals surface area contributed by atoms with E-state index in [1.165, 1.54) is 0 Å². The van der Waals surface area contributed by atoms with Crippen LogP contribution in [-0.4, -0.2) is 14.8 Å². The van der Waals surface area contributed by atoms with E-state index in [0.717, 1.165) is 39.8 Å². The van der Waals surface area contributed by atoms with E-state index < -0.39 is 0 Å². The summed E-state index contributed by atoms with van der Waals surface area (Å²) in [5.41, 5.74) is 5.15. The largest absolute Gasteiger partial charge is 0.269 e. The maximum atomic E-state index is 5.98. The van der Waals surface area contributed by atoms with Crippen molar-refractivity contribution in [2.45, 2.75) is 20.4 Å². The number of hydrogen-bond donors (Lipinski definition) is 0. The first-order valence-electron chi connectivity index (χ1n) is 6.95. The summed E-state index contributed by atoms with van der Waals surface area (Å²) in [6.45, 7) is 5.01. The van der Waals surface area contributed by atoms with Crippen molar-refractivity contribution < 1.29 is 0 Å². The highest BCUT2D eigenvalue weighted by molar-refractivity contribution is 6.30. The molecule has 0 atom stereocenters. The first-order chi connectivity index (χ1) is 10.2. The normalized spacial score (nSPS) is 10.8. The fraction of sp³-hybridized carbons (Fsp3) is 0.176. The van der Waals surface area contributed by atoms with E-state index in [4.69, 9.17) is 16.7 Å². The Morgan fingerprint density at radius 3 is 2.48 bits per heavy atom. The summed E-state index contributed by atoms with van der Waals surface area (Å²) >= 11 is 5.98. The first kappa shape index (κ1) is 13.8. The molecule has 0 fully saturated rings. The zero-order valence-electron chi connectivity index (χ0n) is 12.0. The highest BCUT2D eigenvalue weighted by Crippen LogP contribution is 2.33. The standard InChI is InChI=1S/C17H16ClN3/c1-3-21-12(2)16(15-6-4-5-11-19-15)17(20-21)13-7-9-14(18)10-8-13/h4-11H,3H2,1-2H3. The molecule has 2 aromatic heterocycles. The van der Waals surface area contributed by atoms with Crippen molar-refractivity contribution >= 4 is 11.6 Å². The smallest absolute Gasteiger partial charge is 0.102 e. The van der Waals surface area contributed by atoms with Crippen LogP contribution in [0.15, 0.2) is 48.7 Å². The molecule has 4 heteroatoms. The minimum Gasteiger partial charge on any atom is -0.269 e. The van der Waals surface area contributed by atoms with Crippen LogP contribution >= 0.6 is 11.6 Å². The van der Waals surface area contributed by atoms with Crippen LogP contribution in [0, 0.1) is 6.92 Å². The van der Waals surface area contributed by atoms with E-state index in [2.05, 4.69) is 18.8 Å². The summed E-state index contributed by atoms with van der Waals surface area (Å²) in [6, 6.07) is 13.7. The number of benzene rings is 1. The van der Waals surface area contributed by atoms with Crippen molar-refractivity contribution in [3.8, 4) is 22.5 Å². The lowest BCUT2D eigenvalue weighted by Crippen LogP contribution is -1.98.